The van der Waals surface area contributed by atoms with Gasteiger partial charge in [-0.1, -0.05) is 15.9 Å². The molecule has 0 aliphatic carbocycles. The highest BCUT2D eigenvalue weighted by atomic mass is 79.9. The minimum absolute atomic E-state index is 0. The van der Waals surface area contributed by atoms with Crippen molar-refractivity contribution >= 4 is 34.2 Å². The summed E-state index contributed by atoms with van der Waals surface area (Å²) in [6.45, 7) is 5.54. The van der Waals surface area contributed by atoms with E-state index in [2.05, 4.69) is 21.2 Å². The number of benzene rings is 1. The smallest absolute Gasteiger partial charge is 0.242 e. The maximum absolute atomic E-state index is 12.3. The zero-order valence-corrected chi connectivity index (χ0v) is 15.0. The molecule has 1 saturated heterocycles. The van der Waals surface area contributed by atoms with Crippen LogP contribution in [0.25, 0.3) is 0 Å². The number of nitrogens with one attached hydrogen (secondary N) is 1. The number of likely N-dealkylation sites (N-methyl/N-ethyl adjacent to an activating group) is 1. The van der Waals surface area contributed by atoms with E-state index in [0.717, 1.165) is 16.8 Å². The van der Waals surface area contributed by atoms with Gasteiger partial charge in [-0.15, -0.1) is 12.4 Å². The highest BCUT2D eigenvalue weighted by molar-refractivity contribution is 9.10. The van der Waals surface area contributed by atoms with Crippen LogP contribution in [-0.2, 0) is 9.53 Å². The SMILES string of the molecule is CCN(CCOc1ccc(Br)cc1)C(=O)C1COCCN1.Cl. The Labute approximate surface area is 145 Å². The molecule has 2 rings (SSSR count). The minimum atomic E-state index is -0.230. The summed E-state index contributed by atoms with van der Waals surface area (Å²) in [5.41, 5.74) is 0. The maximum Gasteiger partial charge on any atom is 0.242 e. The molecule has 1 aliphatic heterocycles. The van der Waals surface area contributed by atoms with Crippen molar-refractivity contribution in [3.63, 3.8) is 0 Å². The van der Waals surface area contributed by atoms with Crippen molar-refractivity contribution < 1.29 is 14.3 Å². The Morgan fingerprint density at radius 1 is 1.45 bits per heavy atom. The fourth-order valence-electron chi connectivity index (χ4n) is 2.17. The van der Waals surface area contributed by atoms with Gasteiger partial charge in [-0.25, -0.2) is 0 Å². The van der Waals surface area contributed by atoms with Crippen molar-refractivity contribution in [2.24, 2.45) is 0 Å². The van der Waals surface area contributed by atoms with E-state index in [1.165, 1.54) is 0 Å². The van der Waals surface area contributed by atoms with Gasteiger partial charge in [0.2, 0.25) is 5.91 Å². The second kappa shape index (κ2) is 10.0. The molecule has 0 saturated carbocycles. The quantitative estimate of drug-likeness (QED) is 0.804. The standard InChI is InChI=1S/C15H21BrN2O3.ClH/c1-2-18(15(19)14-11-20-9-7-17-14)8-10-21-13-5-3-12(16)4-6-13;/h3-6,14,17H,2,7-11H2,1H3;1H. The Hall–Kier alpha value is -0.820. The molecule has 5 nitrogen and oxygen atoms in total. The number of nitrogens with zero attached hydrogens (tertiary/aromatic N) is 1. The van der Waals surface area contributed by atoms with Crippen LogP contribution in [0.3, 0.4) is 0 Å². The lowest BCUT2D eigenvalue weighted by atomic mass is 10.2. The van der Waals surface area contributed by atoms with E-state index < -0.39 is 0 Å². The summed E-state index contributed by atoms with van der Waals surface area (Å²) in [5.74, 6) is 0.887. The number of ether oxygens (including phenoxy) is 2. The number of carbonyl (C=O) groups is 1. The van der Waals surface area contributed by atoms with Crippen LogP contribution >= 0.6 is 28.3 Å². The van der Waals surface area contributed by atoms with Crippen molar-refractivity contribution in [3.05, 3.63) is 28.7 Å². The van der Waals surface area contributed by atoms with Crippen LogP contribution in [0.15, 0.2) is 28.7 Å². The van der Waals surface area contributed by atoms with Crippen LogP contribution in [0, 0.1) is 0 Å². The maximum atomic E-state index is 12.3. The Morgan fingerprint density at radius 3 is 2.77 bits per heavy atom. The predicted molar refractivity (Wildman–Crippen MR) is 91.7 cm³/mol. The first-order chi connectivity index (χ1) is 10.2. The van der Waals surface area contributed by atoms with E-state index in [1.54, 1.807) is 4.90 Å². The molecular weight excluding hydrogens is 372 g/mol. The van der Waals surface area contributed by atoms with E-state index in [9.17, 15) is 4.79 Å². The number of morpholine rings is 1. The second-order valence-corrected chi connectivity index (χ2v) is 5.72. The van der Waals surface area contributed by atoms with Gasteiger partial charge in [0.1, 0.15) is 18.4 Å². The first-order valence-corrected chi connectivity index (χ1v) is 7.98. The molecule has 0 aromatic heterocycles. The summed E-state index contributed by atoms with van der Waals surface area (Å²) in [5, 5.41) is 3.19. The average molecular weight is 394 g/mol. The molecule has 1 aliphatic rings. The van der Waals surface area contributed by atoms with Gasteiger partial charge in [0.25, 0.3) is 0 Å². The van der Waals surface area contributed by atoms with Gasteiger partial charge in [0, 0.05) is 17.6 Å². The number of halogens is 2. The van der Waals surface area contributed by atoms with Crippen molar-refractivity contribution in [1.29, 1.82) is 0 Å². The molecule has 1 amide bonds. The Morgan fingerprint density at radius 2 is 2.18 bits per heavy atom. The lowest BCUT2D eigenvalue weighted by Crippen LogP contribution is -2.53. The molecule has 1 aromatic carbocycles. The number of amides is 1. The van der Waals surface area contributed by atoms with Gasteiger partial charge in [-0.2, -0.15) is 0 Å². The van der Waals surface area contributed by atoms with Crippen LogP contribution in [0.2, 0.25) is 0 Å². The molecule has 0 bridgehead atoms. The highest BCUT2D eigenvalue weighted by Gasteiger charge is 2.25. The lowest BCUT2D eigenvalue weighted by molar-refractivity contribution is -0.136. The third-order valence-electron chi connectivity index (χ3n) is 3.36. The molecular formula is C15H22BrClN2O3. The number of hydrogen-bond acceptors (Lipinski definition) is 4. The average Bonchev–Trinajstić information content (AvgIpc) is 2.53. The summed E-state index contributed by atoms with van der Waals surface area (Å²) in [4.78, 5) is 14.1. The molecule has 7 heteroatoms. The molecule has 22 heavy (non-hydrogen) atoms. The second-order valence-electron chi connectivity index (χ2n) is 4.80. The van der Waals surface area contributed by atoms with Crippen LogP contribution in [-0.4, -0.2) is 56.3 Å². The Kier molecular flexibility index (Phi) is 8.78. The highest BCUT2D eigenvalue weighted by Crippen LogP contribution is 2.16. The third-order valence-corrected chi connectivity index (χ3v) is 3.89. The lowest BCUT2D eigenvalue weighted by Gasteiger charge is -2.29. The fraction of sp³-hybridized carbons (Fsp3) is 0.533. The summed E-state index contributed by atoms with van der Waals surface area (Å²) in [6.07, 6.45) is 0. The number of rotatable bonds is 6. The van der Waals surface area contributed by atoms with Crippen molar-refractivity contribution in [2.45, 2.75) is 13.0 Å². The van der Waals surface area contributed by atoms with E-state index >= 15 is 0 Å². The van der Waals surface area contributed by atoms with Crippen LogP contribution in [0.4, 0.5) is 0 Å². The van der Waals surface area contributed by atoms with Crippen molar-refractivity contribution in [1.82, 2.24) is 10.2 Å². The minimum Gasteiger partial charge on any atom is -0.492 e. The van der Waals surface area contributed by atoms with Gasteiger partial charge in [-0.05, 0) is 31.2 Å². The fourth-order valence-corrected chi connectivity index (χ4v) is 2.44. The molecule has 0 spiro atoms. The summed E-state index contributed by atoms with van der Waals surface area (Å²) < 4.78 is 12.0. The van der Waals surface area contributed by atoms with Gasteiger partial charge < -0.3 is 19.7 Å². The van der Waals surface area contributed by atoms with Crippen molar-refractivity contribution in [3.8, 4) is 5.75 Å². The Bertz CT molecular complexity index is 453. The Balaban J connectivity index is 0.00000242. The molecule has 124 valence electrons. The molecule has 0 radical (unpaired) electrons. The zero-order valence-electron chi connectivity index (χ0n) is 12.6. The largest absolute Gasteiger partial charge is 0.492 e. The topological polar surface area (TPSA) is 50.8 Å². The summed E-state index contributed by atoms with van der Waals surface area (Å²) in [7, 11) is 0. The summed E-state index contributed by atoms with van der Waals surface area (Å²) >= 11 is 3.38. The van der Waals surface area contributed by atoms with E-state index in [4.69, 9.17) is 9.47 Å². The van der Waals surface area contributed by atoms with Gasteiger partial charge in [0.05, 0.1) is 19.8 Å². The summed E-state index contributed by atoms with van der Waals surface area (Å²) in [6, 6.07) is 7.44. The van der Waals surface area contributed by atoms with E-state index in [-0.39, 0.29) is 24.4 Å². The van der Waals surface area contributed by atoms with E-state index in [0.29, 0.717) is 32.9 Å². The molecule has 1 unspecified atom stereocenters. The first-order valence-electron chi connectivity index (χ1n) is 7.19. The van der Waals surface area contributed by atoms with Crippen LogP contribution in [0.5, 0.6) is 5.75 Å². The number of carbonyl (C=O) groups excluding carboxylic acids is 1. The van der Waals surface area contributed by atoms with Gasteiger partial charge in [0.15, 0.2) is 0 Å². The zero-order chi connectivity index (χ0) is 15.1. The normalized spacial score (nSPS) is 17.5. The molecule has 1 heterocycles. The molecule has 1 N–H and O–H groups in total. The number of hydrogen-bond donors (Lipinski definition) is 1. The van der Waals surface area contributed by atoms with Crippen molar-refractivity contribution in [2.75, 3.05) is 39.5 Å². The van der Waals surface area contributed by atoms with Gasteiger partial charge in [-0.3, -0.25) is 4.79 Å². The van der Waals surface area contributed by atoms with Gasteiger partial charge >= 0.3 is 0 Å². The van der Waals surface area contributed by atoms with Crippen LogP contribution in [0.1, 0.15) is 6.92 Å². The van der Waals surface area contributed by atoms with Crippen LogP contribution < -0.4 is 10.1 Å². The first kappa shape index (κ1) is 19.2. The third kappa shape index (κ3) is 5.76. The monoisotopic (exact) mass is 392 g/mol. The van der Waals surface area contributed by atoms with E-state index in [1.807, 2.05) is 31.2 Å². The molecule has 1 aromatic rings. The molecule has 1 atom stereocenters. The molecule has 1 fully saturated rings. The predicted octanol–water partition coefficient (Wildman–Crippen LogP) is 2.09.